The lowest BCUT2D eigenvalue weighted by Gasteiger charge is -2.21. The number of carbonyl (C=O) groups is 2. The summed E-state index contributed by atoms with van der Waals surface area (Å²) < 4.78 is 31.8. The first-order valence-corrected chi connectivity index (χ1v) is 11.5. The molecule has 1 aliphatic carbocycles. The Morgan fingerprint density at radius 1 is 1.06 bits per heavy atom. The molecule has 0 bridgehead atoms. The van der Waals surface area contributed by atoms with Gasteiger partial charge in [-0.3, -0.25) is 9.59 Å². The van der Waals surface area contributed by atoms with Crippen LogP contribution in [0.3, 0.4) is 0 Å². The molecule has 0 unspecified atom stereocenters. The summed E-state index contributed by atoms with van der Waals surface area (Å²) in [5.74, 6) is 0.173. The molecule has 3 rings (SSSR count). The van der Waals surface area contributed by atoms with Crippen LogP contribution in [0.25, 0.3) is 0 Å². The minimum atomic E-state index is -3.58. The van der Waals surface area contributed by atoms with Gasteiger partial charge in [0.15, 0.2) is 6.61 Å². The van der Waals surface area contributed by atoms with Gasteiger partial charge in [-0.15, -0.1) is 0 Å². The van der Waals surface area contributed by atoms with Crippen molar-refractivity contribution in [3.63, 3.8) is 0 Å². The van der Waals surface area contributed by atoms with Gasteiger partial charge < -0.3 is 15.4 Å². The molecular formula is C22H27N3O5S. The van der Waals surface area contributed by atoms with Crippen molar-refractivity contribution in [2.75, 3.05) is 24.3 Å². The lowest BCUT2D eigenvalue weighted by Crippen LogP contribution is -2.33. The maximum absolute atomic E-state index is 12.5. The number of nitrogens with one attached hydrogen (secondary N) is 2. The molecule has 1 saturated carbocycles. The topological polar surface area (TPSA) is 105 Å². The highest BCUT2D eigenvalue weighted by atomic mass is 32.2. The molecule has 0 heterocycles. The first-order valence-electron chi connectivity index (χ1n) is 10.1. The highest BCUT2D eigenvalue weighted by Gasteiger charge is 2.29. The van der Waals surface area contributed by atoms with Crippen LogP contribution in [0.1, 0.15) is 26.7 Å². The van der Waals surface area contributed by atoms with Crippen molar-refractivity contribution < 1.29 is 22.7 Å². The molecule has 0 spiro atoms. The molecule has 2 amide bonds. The van der Waals surface area contributed by atoms with Crippen LogP contribution >= 0.6 is 0 Å². The molecule has 1 aliphatic rings. The Hall–Kier alpha value is -2.91. The van der Waals surface area contributed by atoms with Gasteiger partial charge in [-0.1, -0.05) is 6.07 Å². The van der Waals surface area contributed by atoms with Gasteiger partial charge in [0, 0.05) is 36.4 Å². The summed E-state index contributed by atoms with van der Waals surface area (Å²) in [7, 11) is -2.05. The predicted molar refractivity (Wildman–Crippen MR) is 118 cm³/mol. The minimum absolute atomic E-state index is 0.0000536. The maximum atomic E-state index is 12.5. The summed E-state index contributed by atoms with van der Waals surface area (Å²) in [6, 6.07) is 12.7. The Labute approximate surface area is 182 Å². The summed E-state index contributed by atoms with van der Waals surface area (Å²) in [6.45, 7) is 3.36. The molecule has 2 aromatic carbocycles. The Morgan fingerprint density at radius 3 is 2.35 bits per heavy atom. The van der Waals surface area contributed by atoms with Gasteiger partial charge in [-0.2, -0.15) is 4.31 Å². The van der Waals surface area contributed by atoms with Crippen molar-refractivity contribution in [3.05, 3.63) is 48.5 Å². The van der Waals surface area contributed by atoms with Gasteiger partial charge in [0.25, 0.3) is 5.91 Å². The molecule has 31 heavy (non-hydrogen) atoms. The standard InChI is InChI=1S/C22H27N3O5S/c1-15(2)25(3)31(28,29)20-11-9-17(10-12-20)23-21(26)14-30-19-6-4-5-18(13-19)24-22(27)16-7-8-16/h4-6,9-13,15-16H,7-8,14H2,1-3H3,(H,23,26)(H,24,27). The zero-order valence-corrected chi connectivity index (χ0v) is 18.6. The van der Waals surface area contributed by atoms with Gasteiger partial charge in [0.2, 0.25) is 15.9 Å². The van der Waals surface area contributed by atoms with Gasteiger partial charge in [0.1, 0.15) is 5.75 Å². The van der Waals surface area contributed by atoms with E-state index in [1.807, 2.05) is 0 Å². The highest BCUT2D eigenvalue weighted by molar-refractivity contribution is 7.89. The van der Waals surface area contributed by atoms with Crippen LogP contribution in [0.2, 0.25) is 0 Å². The van der Waals surface area contributed by atoms with E-state index in [1.165, 1.54) is 35.6 Å². The fourth-order valence-electron chi connectivity index (χ4n) is 2.75. The van der Waals surface area contributed by atoms with Gasteiger partial charge in [-0.25, -0.2) is 8.42 Å². The van der Waals surface area contributed by atoms with Crippen molar-refractivity contribution in [1.82, 2.24) is 4.31 Å². The quantitative estimate of drug-likeness (QED) is 0.617. The van der Waals surface area contributed by atoms with E-state index in [0.29, 0.717) is 17.1 Å². The predicted octanol–water partition coefficient (Wildman–Crippen LogP) is 3.08. The average molecular weight is 446 g/mol. The van der Waals surface area contributed by atoms with Crippen LogP contribution in [-0.2, 0) is 19.6 Å². The van der Waals surface area contributed by atoms with E-state index in [9.17, 15) is 18.0 Å². The number of nitrogens with zero attached hydrogens (tertiary/aromatic N) is 1. The van der Waals surface area contributed by atoms with E-state index < -0.39 is 10.0 Å². The zero-order valence-electron chi connectivity index (χ0n) is 17.8. The largest absolute Gasteiger partial charge is 0.484 e. The maximum Gasteiger partial charge on any atom is 0.262 e. The lowest BCUT2D eigenvalue weighted by atomic mass is 10.3. The number of hydrogen-bond acceptors (Lipinski definition) is 5. The highest BCUT2D eigenvalue weighted by Crippen LogP contribution is 2.30. The summed E-state index contributed by atoms with van der Waals surface area (Å²) in [5, 5.41) is 5.50. The summed E-state index contributed by atoms with van der Waals surface area (Å²) >= 11 is 0. The van der Waals surface area contributed by atoms with E-state index in [0.717, 1.165) is 12.8 Å². The third kappa shape index (κ3) is 6.05. The number of anilines is 2. The molecule has 166 valence electrons. The molecule has 0 aromatic heterocycles. The van der Waals surface area contributed by atoms with Gasteiger partial charge in [-0.05, 0) is 63.1 Å². The van der Waals surface area contributed by atoms with E-state index in [2.05, 4.69) is 10.6 Å². The zero-order chi connectivity index (χ0) is 22.6. The van der Waals surface area contributed by atoms with Crippen LogP contribution in [0, 0.1) is 5.92 Å². The second-order valence-corrected chi connectivity index (χ2v) is 9.77. The van der Waals surface area contributed by atoms with Crippen molar-refractivity contribution in [1.29, 1.82) is 0 Å². The van der Waals surface area contributed by atoms with E-state index in [4.69, 9.17) is 4.74 Å². The monoisotopic (exact) mass is 445 g/mol. The summed E-state index contributed by atoms with van der Waals surface area (Å²) in [5.41, 5.74) is 1.09. The van der Waals surface area contributed by atoms with Gasteiger partial charge >= 0.3 is 0 Å². The van der Waals surface area contributed by atoms with Crippen molar-refractivity contribution >= 4 is 33.2 Å². The number of sulfonamides is 1. The minimum Gasteiger partial charge on any atom is -0.484 e. The summed E-state index contributed by atoms with van der Waals surface area (Å²) in [4.78, 5) is 24.2. The molecule has 0 atom stereocenters. The molecule has 0 aliphatic heterocycles. The van der Waals surface area contributed by atoms with E-state index in [-0.39, 0.29) is 35.3 Å². The normalized spacial score (nSPS) is 13.8. The number of benzene rings is 2. The number of ether oxygens (including phenoxy) is 1. The van der Waals surface area contributed by atoms with Gasteiger partial charge in [0.05, 0.1) is 4.90 Å². The van der Waals surface area contributed by atoms with Crippen LogP contribution in [0.4, 0.5) is 11.4 Å². The summed E-state index contributed by atoms with van der Waals surface area (Å²) in [6.07, 6.45) is 1.84. The Balaban J connectivity index is 1.53. The molecule has 0 radical (unpaired) electrons. The number of amides is 2. The molecule has 0 saturated heterocycles. The molecule has 2 aromatic rings. The van der Waals surface area contributed by atoms with Crippen LogP contribution in [0.15, 0.2) is 53.4 Å². The van der Waals surface area contributed by atoms with Crippen LogP contribution in [0.5, 0.6) is 5.75 Å². The SMILES string of the molecule is CC(C)N(C)S(=O)(=O)c1ccc(NC(=O)COc2cccc(NC(=O)C3CC3)c2)cc1. The second-order valence-electron chi connectivity index (χ2n) is 7.77. The van der Waals surface area contributed by atoms with Crippen LogP contribution in [-0.4, -0.2) is 44.2 Å². The lowest BCUT2D eigenvalue weighted by molar-refractivity contribution is -0.118. The Kier molecular flexibility index (Phi) is 6.97. The third-order valence-electron chi connectivity index (χ3n) is 4.96. The third-order valence-corrected chi connectivity index (χ3v) is 7.01. The van der Waals surface area contributed by atoms with Crippen LogP contribution < -0.4 is 15.4 Å². The van der Waals surface area contributed by atoms with Crippen molar-refractivity contribution in [2.45, 2.75) is 37.6 Å². The fourth-order valence-corrected chi connectivity index (χ4v) is 4.12. The molecular weight excluding hydrogens is 418 g/mol. The number of carbonyl (C=O) groups excluding carboxylic acids is 2. The van der Waals surface area contributed by atoms with E-state index >= 15 is 0 Å². The molecule has 1 fully saturated rings. The molecule has 9 heteroatoms. The fraction of sp³-hybridized carbons (Fsp3) is 0.364. The number of rotatable bonds is 9. The Morgan fingerprint density at radius 2 is 1.74 bits per heavy atom. The molecule has 8 nitrogen and oxygen atoms in total. The number of hydrogen-bond donors (Lipinski definition) is 2. The smallest absolute Gasteiger partial charge is 0.262 e. The first kappa shape index (κ1) is 22.8. The van der Waals surface area contributed by atoms with Crippen molar-refractivity contribution in [2.24, 2.45) is 5.92 Å². The van der Waals surface area contributed by atoms with Crippen molar-refractivity contribution in [3.8, 4) is 5.75 Å². The molecule has 2 N–H and O–H groups in total. The van der Waals surface area contributed by atoms with E-state index in [1.54, 1.807) is 38.1 Å². The second kappa shape index (κ2) is 9.49. The Bertz CT molecular complexity index is 1050. The average Bonchev–Trinajstić information content (AvgIpc) is 3.58. The first-order chi connectivity index (χ1) is 14.7.